The summed E-state index contributed by atoms with van der Waals surface area (Å²) in [6.45, 7) is 4.75. The fourth-order valence-corrected chi connectivity index (χ4v) is 6.17. The summed E-state index contributed by atoms with van der Waals surface area (Å²) in [5, 5.41) is 0. The zero-order valence-corrected chi connectivity index (χ0v) is 15.2. The molecule has 20 heavy (non-hydrogen) atoms. The topological polar surface area (TPSA) is 46.2 Å². The van der Waals surface area contributed by atoms with Gasteiger partial charge in [0.1, 0.15) is 4.21 Å². The second-order valence-electron chi connectivity index (χ2n) is 5.85. The Morgan fingerprint density at radius 2 is 2.20 bits per heavy atom. The minimum absolute atomic E-state index is 0.402. The maximum absolute atomic E-state index is 12.2. The number of hydrogen-bond acceptors (Lipinski definition) is 3. The predicted molar refractivity (Wildman–Crippen MR) is 87.7 cm³/mol. The smallest absolute Gasteiger partial charge is 0.210 e. The van der Waals surface area contributed by atoms with Crippen LogP contribution in [0.25, 0.3) is 0 Å². The van der Waals surface area contributed by atoms with Crippen LogP contribution in [0, 0.1) is 18.8 Å². The number of aryl methyl sites for hydroxylation is 1. The highest BCUT2D eigenvalue weighted by atomic mass is 79.9. The van der Waals surface area contributed by atoms with Crippen molar-refractivity contribution in [2.45, 2.75) is 50.2 Å². The van der Waals surface area contributed by atoms with Crippen LogP contribution in [0.15, 0.2) is 14.1 Å². The van der Waals surface area contributed by atoms with Gasteiger partial charge in [-0.3, -0.25) is 0 Å². The fraction of sp³-hybridized carbons (Fsp3) is 0.714. The van der Waals surface area contributed by atoms with Crippen LogP contribution in [0.4, 0.5) is 0 Å². The lowest BCUT2D eigenvalue weighted by Gasteiger charge is -2.26. The molecule has 1 saturated carbocycles. The summed E-state index contributed by atoms with van der Waals surface area (Å²) in [6.07, 6.45) is 6.05. The average Bonchev–Trinajstić information content (AvgIpc) is 2.70. The number of nitrogens with one attached hydrogen (secondary N) is 1. The Morgan fingerprint density at radius 1 is 1.45 bits per heavy atom. The van der Waals surface area contributed by atoms with Gasteiger partial charge < -0.3 is 0 Å². The lowest BCUT2D eigenvalue weighted by Crippen LogP contribution is -2.26. The predicted octanol–water partition coefficient (Wildman–Crippen LogP) is 4.31. The van der Waals surface area contributed by atoms with Crippen LogP contribution in [-0.2, 0) is 10.0 Å². The van der Waals surface area contributed by atoms with Gasteiger partial charge in [-0.25, -0.2) is 13.1 Å². The van der Waals surface area contributed by atoms with E-state index in [1.165, 1.54) is 37.0 Å². The third-order valence-corrected chi connectivity index (χ3v) is 8.06. The lowest BCUT2D eigenvalue weighted by atomic mass is 9.81. The molecule has 0 bridgehead atoms. The molecule has 0 aliphatic heterocycles. The van der Waals surface area contributed by atoms with Gasteiger partial charge in [0.05, 0.1) is 3.79 Å². The molecule has 0 spiro atoms. The molecule has 0 saturated heterocycles. The largest absolute Gasteiger partial charge is 0.250 e. The first-order valence-electron chi connectivity index (χ1n) is 7.14. The van der Waals surface area contributed by atoms with E-state index in [0.717, 1.165) is 21.7 Å². The molecule has 2 unspecified atom stereocenters. The van der Waals surface area contributed by atoms with Gasteiger partial charge in [-0.1, -0.05) is 26.2 Å². The highest BCUT2D eigenvalue weighted by Gasteiger charge is 2.21. The van der Waals surface area contributed by atoms with Crippen LogP contribution in [-0.4, -0.2) is 15.0 Å². The summed E-state index contributed by atoms with van der Waals surface area (Å²) < 4.78 is 28.4. The van der Waals surface area contributed by atoms with E-state index in [0.29, 0.717) is 16.7 Å². The van der Waals surface area contributed by atoms with Crippen LogP contribution in [0.5, 0.6) is 0 Å². The molecule has 2 atom stereocenters. The number of thiophene rings is 1. The maximum atomic E-state index is 12.2. The van der Waals surface area contributed by atoms with Crippen molar-refractivity contribution in [3.05, 3.63) is 15.4 Å². The van der Waals surface area contributed by atoms with E-state index >= 15 is 0 Å². The average molecular weight is 380 g/mol. The van der Waals surface area contributed by atoms with Gasteiger partial charge in [-0.15, -0.1) is 11.3 Å². The molecule has 1 heterocycles. The molecule has 1 aromatic rings. The minimum Gasteiger partial charge on any atom is -0.210 e. The molecule has 1 aliphatic carbocycles. The van der Waals surface area contributed by atoms with Gasteiger partial charge >= 0.3 is 0 Å². The van der Waals surface area contributed by atoms with Crippen molar-refractivity contribution in [3.63, 3.8) is 0 Å². The van der Waals surface area contributed by atoms with Crippen LogP contribution in [0.2, 0.25) is 0 Å². The second kappa shape index (κ2) is 6.90. The van der Waals surface area contributed by atoms with Crippen LogP contribution < -0.4 is 4.72 Å². The van der Waals surface area contributed by atoms with Gasteiger partial charge in [0, 0.05) is 6.54 Å². The first-order chi connectivity index (χ1) is 9.38. The number of sulfonamides is 1. The van der Waals surface area contributed by atoms with Gasteiger partial charge in [-0.05, 0) is 59.2 Å². The van der Waals surface area contributed by atoms with E-state index in [9.17, 15) is 8.42 Å². The molecular weight excluding hydrogens is 358 g/mol. The van der Waals surface area contributed by atoms with Crippen molar-refractivity contribution in [1.82, 2.24) is 4.72 Å². The molecule has 2 rings (SSSR count). The van der Waals surface area contributed by atoms with Gasteiger partial charge in [0.15, 0.2) is 0 Å². The third-order valence-electron chi connectivity index (χ3n) is 3.99. The van der Waals surface area contributed by atoms with Crippen molar-refractivity contribution < 1.29 is 8.42 Å². The monoisotopic (exact) mass is 379 g/mol. The number of halogens is 1. The number of hydrogen-bond donors (Lipinski definition) is 1. The fourth-order valence-electron chi connectivity index (χ4n) is 2.85. The van der Waals surface area contributed by atoms with Crippen molar-refractivity contribution in [1.29, 1.82) is 0 Å². The number of rotatable bonds is 5. The Hall–Kier alpha value is 0.0900. The molecule has 3 nitrogen and oxygen atoms in total. The van der Waals surface area contributed by atoms with Crippen molar-refractivity contribution in [3.8, 4) is 0 Å². The summed E-state index contributed by atoms with van der Waals surface area (Å²) >= 11 is 4.65. The standard InChI is InChI=1S/C14H22BrNO2S2/c1-10-4-3-5-12(8-10)6-7-16-20(17,18)13-9-11(2)14(15)19-13/h9-10,12,16H,3-8H2,1-2H3. The van der Waals surface area contributed by atoms with Gasteiger partial charge in [-0.2, -0.15) is 0 Å². The Kier molecular flexibility index (Phi) is 5.68. The second-order valence-corrected chi connectivity index (χ2v) is 10.2. The molecule has 1 aliphatic rings. The highest BCUT2D eigenvalue weighted by molar-refractivity contribution is 9.11. The first kappa shape index (κ1) is 16.5. The Balaban J connectivity index is 1.86. The summed E-state index contributed by atoms with van der Waals surface area (Å²) in [5.74, 6) is 1.47. The molecule has 0 radical (unpaired) electrons. The third kappa shape index (κ3) is 4.29. The van der Waals surface area contributed by atoms with Crippen LogP contribution in [0.3, 0.4) is 0 Å². The minimum atomic E-state index is -3.34. The van der Waals surface area contributed by atoms with Crippen LogP contribution in [0.1, 0.15) is 44.6 Å². The molecule has 0 amide bonds. The summed E-state index contributed by atoms with van der Waals surface area (Å²) in [7, 11) is -3.34. The Labute approximate surface area is 134 Å². The molecule has 1 fully saturated rings. The van der Waals surface area contributed by atoms with E-state index in [-0.39, 0.29) is 0 Å². The quantitative estimate of drug-likeness (QED) is 0.827. The zero-order chi connectivity index (χ0) is 14.8. The Bertz CT molecular complexity index is 534. The van der Waals surface area contributed by atoms with E-state index in [1.807, 2.05) is 6.92 Å². The normalized spacial score (nSPS) is 23.9. The van der Waals surface area contributed by atoms with E-state index in [4.69, 9.17) is 0 Å². The molecule has 114 valence electrons. The van der Waals surface area contributed by atoms with E-state index in [1.54, 1.807) is 6.07 Å². The summed E-state index contributed by atoms with van der Waals surface area (Å²) in [4.78, 5) is 0. The summed E-state index contributed by atoms with van der Waals surface area (Å²) in [5.41, 5.74) is 0.969. The zero-order valence-electron chi connectivity index (χ0n) is 12.0. The van der Waals surface area contributed by atoms with Crippen LogP contribution >= 0.6 is 27.3 Å². The maximum Gasteiger partial charge on any atom is 0.250 e. The first-order valence-corrected chi connectivity index (χ1v) is 10.2. The van der Waals surface area contributed by atoms with Crippen molar-refractivity contribution in [2.75, 3.05) is 6.54 Å². The Morgan fingerprint density at radius 3 is 2.80 bits per heavy atom. The molecule has 1 N–H and O–H groups in total. The highest BCUT2D eigenvalue weighted by Crippen LogP contribution is 2.32. The van der Waals surface area contributed by atoms with Gasteiger partial charge in [0.25, 0.3) is 0 Å². The summed E-state index contributed by atoms with van der Waals surface area (Å²) in [6, 6.07) is 1.72. The van der Waals surface area contributed by atoms with Crippen molar-refractivity contribution >= 4 is 37.3 Å². The van der Waals surface area contributed by atoms with E-state index < -0.39 is 10.0 Å². The lowest BCUT2D eigenvalue weighted by molar-refractivity contribution is 0.271. The molecular formula is C14H22BrNO2S2. The molecule has 6 heteroatoms. The van der Waals surface area contributed by atoms with Crippen molar-refractivity contribution in [2.24, 2.45) is 11.8 Å². The van der Waals surface area contributed by atoms with Gasteiger partial charge in [0.2, 0.25) is 10.0 Å². The SMILES string of the molecule is Cc1cc(S(=O)(=O)NCCC2CCCC(C)C2)sc1Br. The molecule has 1 aromatic heterocycles. The molecule has 0 aromatic carbocycles. The van der Waals surface area contributed by atoms with E-state index in [2.05, 4.69) is 27.6 Å².